The van der Waals surface area contributed by atoms with Gasteiger partial charge in [0.25, 0.3) is 0 Å². The molecule has 0 bridgehead atoms. The maximum absolute atomic E-state index is 9.88. The van der Waals surface area contributed by atoms with Gasteiger partial charge in [-0.25, -0.2) is 0 Å². The summed E-state index contributed by atoms with van der Waals surface area (Å²) in [4.78, 5) is 1.24. The molecule has 0 saturated carbocycles. The third-order valence-corrected chi connectivity index (χ3v) is 3.34. The Kier molecular flexibility index (Phi) is 2.17. The van der Waals surface area contributed by atoms with Crippen molar-refractivity contribution in [3.05, 3.63) is 21.9 Å². The van der Waals surface area contributed by atoms with E-state index in [1.54, 1.807) is 11.3 Å². The van der Waals surface area contributed by atoms with Gasteiger partial charge >= 0.3 is 0 Å². The Morgan fingerprint density at radius 3 is 2.83 bits per heavy atom. The van der Waals surface area contributed by atoms with Gasteiger partial charge < -0.3 is 10.4 Å². The Morgan fingerprint density at radius 1 is 1.67 bits per heavy atom. The van der Waals surface area contributed by atoms with Gasteiger partial charge in [-0.3, -0.25) is 0 Å². The van der Waals surface area contributed by atoms with Crippen molar-refractivity contribution >= 4 is 11.3 Å². The highest BCUT2D eigenvalue weighted by atomic mass is 32.1. The van der Waals surface area contributed by atoms with Gasteiger partial charge in [-0.2, -0.15) is 0 Å². The number of hydrogen-bond donors (Lipinski definition) is 2. The van der Waals surface area contributed by atoms with Crippen LogP contribution in [-0.4, -0.2) is 18.2 Å². The number of aryl methyl sites for hydroxylation is 1. The first-order chi connectivity index (χ1) is 5.79. The first-order valence-electron chi connectivity index (χ1n) is 4.22. The number of aliphatic hydroxyl groups excluding tert-OH is 1. The smallest absolute Gasteiger partial charge is 0.0853 e. The molecule has 1 aliphatic heterocycles. The van der Waals surface area contributed by atoms with E-state index in [-0.39, 0.29) is 6.10 Å². The van der Waals surface area contributed by atoms with Gasteiger partial charge in [0, 0.05) is 23.9 Å². The fraction of sp³-hybridized carbons (Fsp3) is 0.556. The van der Waals surface area contributed by atoms with Crippen LogP contribution in [0.5, 0.6) is 0 Å². The van der Waals surface area contributed by atoms with Gasteiger partial charge in [0.2, 0.25) is 0 Å². The molecule has 2 heterocycles. The van der Waals surface area contributed by atoms with Crippen molar-refractivity contribution in [3.8, 4) is 0 Å². The minimum atomic E-state index is -0.252. The molecule has 2 N–H and O–H groups in total. The topological polar surface area (TPSA) is 32.3 Å². The lowest BCUT2D eigenvalue weighted by atomic mass is 9.91. The van der Waals surface area contributed by atoms with E-state index in [9.17, 15) is 5.11 Å². The average Bonchev–Trinajstić information content (AvgIpc) is 2.31. The Bertz CT molecular complexity index is 267. The number of hydrogen-bond acceptors (Lipinski definition) is 3. The highest BCUT2D eigenvalue weighted by Gasteiger charge is 2.27. The molecule has 1 aromatic rings. The summed E-state index contributed by atoms with van der Waals surface area (Å²) < 4.78 is 0. The molecular formula is C9H13NOS. The van der Waals surface area contributed by atoms with Crippen LogP contribution in [0, 0.1) is 12.8 Å². The lowest BCUT2D eigenvalue weighted by Crippen LogP contribution is -2.45. The lowest BCUT2D eigenvalue weighted by Gasteiger charge is -2.31. The molecule has 1 fully saturated rings. The molecule has 1 aliphatic rings. The van der Waals surface area contributed by atoms with Crippen LogP contribution in [0.2, 0.25) is 0 Å². The summed E-state index contributed by atoms with van der Waals surface area (Å²) >= 11 is 1.70. The predicted octanol–water partition coefficient (Wildman–Crippen LogP) is 1.31. The third-order valence-electron chi connectivity index (χ3n) is 2.48. The second-order valence-corrected chi connectivity index (χ2v) is 4.42. The standard InChI is InChI=1S/C9H13NOS/c1-6-8(2-3-12-6)9(11)7-4-10-5-7/h2-3,7,9-11H,4-5H2,1H3. The summed E-state index contributed by atoms with van der Waals surface area (Å²) in [5, 5.41) is 15.1. The van der Waals surface area contributed by atoms with Gasteiger partial charge in [-0.1, -0.05) is 0 Å². The van der Waals surface area contributed by atoms with Gasteiger partial charge in [-0.15, -0.1) is 11.3 Å². The molecule has 0 amide bonds. The van der Waals surface area contributed by atoms with E-state index in [0.29, 0.717) is 5.92 Å². The van der Waals surface area contributed by atoms with Crippen molar-refractivity contribution in [1.29, 1.82) is 0 Å². The number of thiophene rings is 1. The molecule has 1 aromatic heterocycles. The van der Waals surface area contributed by atoms with Gasteiger partial charge in [0.1, 0.15) is 0 Å². The molecule has 1 atom stereocenters. The second kappa shape index (κ2) is 3.17. The Labute approximate surface area is 76.2 Å². The fourth-order valence-corrected chi connectivity index (χ4v) is 2.23. The minimum Gasteiger partial charge on any atom is -0.388 e. The molecule has 66 valence electrons. The average molecular weight is 183 g/mol. The minimum absolute atomic E-state index is 0.252. The molecule has 2 rings (SSSR count). The van der Waals surface area contributed by atoms with E-state index in [4.69, 9.17) is 0 Å². The molecule has 0 radical (unpaired) electrons. The zero-order chi connectivity index (χ0) is 8.55. The molecule has 1 unspecified atom stereocenters. The van der Waals surface area contributed by atoms with E-state index in [1.165, 1.54) is 4.88 Å². The van der Waals surface area contributed by atoms with E-state index < -0.39 is 0 Å². The zero-order valence-electron chi connectivity index (χ0n) is 7.08. The van der Waals surface area contributed by atoms with Crippen molar-refractivity contribution in [2.24, 2.45) is 5.92 Å². The molecule has 0 aliphatic carbocycles. The molecule has 12 heavy (non-hydrogen) atoms. The summed E-state index contributed by atoms with van der Waals surface area (Å²) in [6, 6.07) is 2.03. The van der Waals surface area contributed by atoms with Crippen LogP contribution in [0.1, 0.15) is 16.5 Å². The number of aliphatic hydroxyl groups is 1. The molecule has 0 spiro atoms. The summed E-state index contributed by atoms with van der Waals surface area (Å²) in [6.45, 7) is 3.97. The predicted molar refractivity (Wildman–Crippen MR) is 50.4 cm³/mol. The van der Waals surface area contributed by atoms with E-state index in [1.807, 2.05) is 11.4 Å². The molecular weight excluding hydrogens is 170 g/mol. The second-order valence-electron chi connectivity index (χ2n) is 3.30. The zero-order valence-corrected chi connectivity index (χ0v) is 7.90. The van der Waals surface area contributed by atoms with Crippen LogP contribution >= 0.6 is 11.3 Å². The molecule has 2 nitrogen and oxygen atoms in total. The van der Waals surface area contributed by atoms with Crippen LogP contribution in [-0.2, 0) is 0 Å². The lowest BCUT2D eigenvalue weighted by molar-refractivity contribution is 0.0766. The van der Waals surface area contributed by atoms with Crippen LogP contribution in [0.25, 0.3) is 0 Å². The van der Waals surface area contributed by atoms with Crippen LogP contribution in [0.3, 0.4) is 0 Å². The van der Waals surface area contributed by atoms with E-state index in [2.05, 4.69) is 12.2 Å². The maximum Gasteiger partial charge on any atom is 0.0853 e. The highest BCUT2D eigenvalue weighted by molar-refractivity contribution is 7.10. The molecule has 0 aromatic carbocycles. The van der Waals surface area contributed by atoms with Crippen molar-refractivity contribution in [2.45, 2.75) is 13.0 Å². The van der Waals surface area contributed by atoms with Crippen LogP contribution in [0.4, 0.5) is 0 Å². The van der Waals surface area contributed by atoms with Crippen LogP contribution < -0.4 is 5.32 Å². The highest BCUT2D eigenvalue weighted by Crippen LogP contribution is 2.29. The van der Waals surface area contributed by atoms with Crippen molar-refractivity contribution < 1.29 is 5.11 Å². The number of nitrogens with one attached hydrogen (secondary N) is 1. The molecule has 1 saturated heterocycles. The monoisotopic (exact) mass is 183 g/mol. The van der Waals surface area contributed by atoms with Crippen LogP contribution in [0.15, 0.2) is 11.4 Å². The van der Waals surface area contributed by atoms with Crippen molar-refractivity contribution in [1.82, 2.24) is 5.32 Å². The fourth-order valence-electron chi connectivity index (χ4n) is 1.49. The van der Waals surface area contributed by atoms with Gasteiger partial charge in [0.05, 0.1) is 6.10 Å². The first-order valence-corrected chi connectivity index (χ1v) is 5.10. The summed E-state index contributed by atoms with van der Waals surface area (Å²) in [7, 11) is 0. The Balaban J connectivity index is 2.13. The Morgan fingerprint density at radius 2 is 2.42 bits per heavy atom. The quantitative estimate of drug-likeness (QED) is 0.724. The molecule has 3 heteroatoms. The third kappa shape index (κ3) is 1.28. The summed E-state index contributed by atoms with van der Waals surface area (Å²) in [6.07, 6.45) is -0.252. The maximum atomic E-state index is 9.88. The van der Waals surface area contributed by atoms with E-state index in [0.717, 1.165) is 18.7 Å². The summed E-state index contributed by atoms with van der Waals surface area (Å²) in [5.74, 6) is 0.429. The SMILES string of the molecule is Cc1sccc1C(O)C1CNC1. The number of rotatable bonds is 2. The normalized spacial score (nSPS) is 20.5. The van der Waals surface area contributed by atoms with Gasteiger partial charge in [0.15, 0.2) is 0 Å². The van der Waals surface area contributed by atoms with Gasteiger partial charge in [-0.05, 0) is 23.9 Å². The van der Waals surface area contributed by atoms with Crippen molar-refractivity contribution in [2.75, 3.05) is 13.1 Å². The van der Waals surface area contributed by atoms with Crippen molar-refractivity contribution in [3.63, 3.8) is 0 Å². The summed E-state index contributed by atoms with van der Waals surface area (Å²) in [5.41, 5.74) is 1.12. The first kappa shape index (κ1) is 8.23. The van der Waals surface area contributed by atoms with E-state index >= 15 is 0 Å². The Hall–Kier alpha value is -0.380. The largest absolute Gasteiger partial charge is 0.388 e.